The molecule has 1 atom stereocenters. The van der Waals surface area contributed by atoms with Crippen LogP contribution in [0.4, 0.5) is 0 Å². The van der Waals surface area contributed by atoms with E-state index in [0.29, 0.717) is 0 Å². The highest BCUT2D eigenvalue weighted by molar-refractivity contribution is 6.21. The zero-order valence-corrected chi connectivity index (χ0v) is 13.2. The van der Waals surface area contributed by atoms with Gasteiger partial charge in [-0.1, -0.05) is 12.1 Å². The van der Waals surface area contributed by atoms with Gasteiger partial charge in [0.15, 0.2) is 0 Å². The molecule has 1 unspecified atom stereocenters. The van der Waals surface area contributed by atoms with E-state index in [1.165, 1.54) is 12.1 Å². The van der Waals surface area contributed by atoms with Crippen LogP contribution in [0.1, 0.15) is 40.0 Å². The maximum Gasteiger partial charge on any atom is 0.326 e. The molecular weight excluding hydrogens is 330 g/mol. The summed E-state index contributed by atoms with van der Waals surface area (Å²) in [6.07, 6.45) is -0.565. The minimum atomic E-state index is -1.30. The average Bonchev–Trinajstić information content (AvgIpc) is 2.81. The predicted octanol–water partition coefficient (Wildman–Crippen LogP) is -0.492. The molecule has 0 saturated carbocycles. The number of hydrogen-bond donors (Lipinski definition) is 3. The van der Waals surface area contributed by atoms with Crippen molar-refractivity contribution >= 4 is 29.6 Å². The van der Waals surface area contributed by atoms with Crippen molar-refractivity contribution in [3.05, 3.63) is 35.4 Å². The summed E-state index contributed by atoms with van der Waals surface area (Å²) >= 11 is 0. The fraction of sp³-hybridized carbons (Fsp3) is 0.312. The van der Waals surface area contributed by atoms with Crippen molar-refractivity contribution in [1.29, 1.82) is 0 Å². The number of nitrogens with two attached hydrogens (primary N) is 1. The summed E-state index contributed by atoms with van der Waals surface area (Å²) in [4.78, 5) is 59.0. The van der Waals surface area contributed by atoms with E-state index in [0.717, 1.165) is 4.90 Å². The standard InChI is InChI=1S/C16H17N3O6/c17-12(20)6-5-11(16(24)25)18-13(21)7-8-19-14(22)9-3-1-2-4-10(9)15(19)23/h1-4,11H,5-8H2,(H2,17,20)(H,18,21)(H,24,25). The molecule has 0 aliphatic carbocycles. The van der Waals surface area contributed by atoms with Crippen LogP contribution in [0, 0.1) is 0 Å². The van der Waals surface area contributed by atoms with Crippen molar-refractivity contribution in [1.82, 2.24) is 10.2 Å². The molecule has 0 bridgehead atoms. The normalized spacial score (nSPS) is 14.2. The van der Waals surface area contributed by atoms with Crippen LogP contribution in [0.2, 0.25) is 0 Å². The maximum atomic E-state index is 12.2. The predicted molar refractivity (Wildman–Crippen MR) is 84.4 cm³/mol. The summed E-state index contributed by atoms with van der Waals surface area (Å²) in [6.45, 7) is -0.166. The number of carboxylic acid groups (broad SMARTS) is 1. The van der Waals surface area contributed by atoms with Crippen LogP contribution in [-0.2, 0) is 14.4 Å². The van der Waals surface area contributed by atoms with Gasteiger partial charge in [-0.3, -0.25) is 24.1 Å². The molecule has 1 aliphatic rings. The molecule has 25 heavy (non-hydrogen) atoms. The van der Waals surface area contributed by atoms with Crippen LogP contribution in [0.5, 0.6) is 0 Å². The molecule has 9 nitrogen and oxygen atoms in total. The second-order valence-corrected chi connectivity index (χ2v) is 5.52. The number of nitrogens with one attached hydrogen (secondary N) is 1. The van der Waals surface area contributed by atoms with Crippen molar-refractivity contribution in [3.8, 4) is 0 Å². The Labute approximate surface area is 142 Å². The molecule has 132 valence electrons. The zero-order chi connectivity index (χ0) is 18.6. The molecule has 4 amide bonds. The Morgan fingerprint density at radius 3 is 2.12 bits per heavy atom. The number of carboxylic acids is 1. The number of aliphatic carboxylic acids is 1. The van der Waals surface area contributed by atoms with Gasteiger partial charge in [-0.25, -0.2) is 4.79 Å². The minimum Gasteiger partial charge on any atom is -0.480 e. The van der Waals surface area contributed by atoms with Gasteiger partial charge in [0, 0.05) is 19.4 Å². The van der Waals surface area contributed by atoms with Gasteiger partial charge in [-0.15, -0.1) is 0 Å². The summed E-state index contributed by atoms with van der Waals surface area (Å²) in [6, 6.07) is 5.06. The Morgan fingerprint density at radius 2 is 1.64 bits per heavy atom. The van der Waals surface area contributed by atoms with Gasteiger partial charge < -0.3 is 16.2 Å². The van der Waals surface area contributed by atoms with Crippen LogP contribution < -0.4 is 11.1 Å². The number of imide groups is 1. The number of carbonyl (C=O) groups is 5. The van der Waals surface area contributed by atoms with Crippen LogP contribution in [0.3, 0.4) is 0 Å². The van der Waals surface area contributed by atoms with E-state index in [1.807, 2.05) is 0 Å². The van der Waals surface area contributed by atoms with E-state index in [2.05, 4.69) is 5.32 Å². The van der Waals surface area contributed by atoms with Crippen molar-refractivity contribution in [2.75, 3.05) is 6.54 Å². The van der Waals surface area contributed by atoms with E-state index >= 15 is 0 Å². The fourth-order valence-electron chi connectivity index (χ4n) is 2.47. The number of nitrogens with zero attached hydrogens (tertiary/aromatic N) is 1. The van der Waals surface area contributed by atoms with Gasteiger partial charge in [0.05, 0.1) is 11.1 Å². The van der Waals surface area contributed by atoms with Crippen molar-refractivity contribution in [3.63, 3.8) is 0 Å². The van der Waals surface area contributed by atoms with E-state index in [1.54, 1.807) is 12.1 Å². The molecule has 0 radical (unpaired) electrons. The van der Waals surface area contributed by atoms with Crippen LogP contribution >= 0.6 is 0 Å². The molecule has 0 saturated heterocycles. The third kappa shape index (κ3) is 4.19. The monoisotopic (exact) mass is 347 g/mol. The lowest BCUT2D eigenvalue weighted by molar-refractivity contribution is -0.142. The summed E-state index contributed by atoms with van der Waals surface area (Å²) in [5, 5.41) is 11.3. The molecule has 1 aliphatic heterocycles. The fourth-order valence-corrected chi connectivity index (χ4v) is 2.47. The Hall–Kier alpha value is -3.23. The third-order valence-corrected chi connectivity index (χ3v) is 3.75. The molecule has 0 aromatic heterocycles. The molecule has 2 rings (SSSR count). The molecule has 0 spiro atoms. The van der Waals surface area contributed by atoms with E-state index in [4.69, 9.17) is 10.8 Å². The van der Waals surface area contributed by atoms with Crippen molar-refractivity contribution in [2.45, 2.75) is 25.3 Å². The number of rotatable bonds is 8. The highest BCUT2D eigenvalue weighted by Gasteiger charge is 2.35. The maximum absolute atomic E-state index is 12.2. The lowest BCUT2D eigenvalue weighted by atomic mass is 10.1. The first-order chi connectivity index (χ1) is 11.8. The Balaban J connectivity index is 1.92. The van der Waals surface area contributed by atoms with Gasteiger partial charge in [0.25, 0.3) is 11.8 Å². The first-order valence-electron chi connectivity index (χ1n) is 7.57. The van der Waals surface area contributed by atoms with E-state index in [9.17, 15) is 24.0 Å². The van der Waals surface area contributed by atoms with Gasteiger partial charge in [0.1, 0.15) is 6.04 Å². The van der Waals surface area contributed by atoms with Crippen molar-refractivity contribution in [2.24, 2.45) is 5.73 Å². The summed E-state index contributed by atoms with van der Waals surface area (Å²) in [7, 11) is 0. The van der Waals surface area contributed by atoms with Crippen molar-refractivity contribution < 1.29 is 29.1 Å². The third-order valence-electron chi connectivity index (χ3n) is 3.75. The van der Waals surface area contributed by atoms with Crippen LogP contribution in [0.25, 0.3) is 0 Å². The lowest BCUT2D eigenvalue weighted by Gasteiger charge is -2.16. The Morgan fingerprint density at radius 1 is 1.08 bits per heavy atom. The highest BCUT2D eigenvalue weighted by atomic mass is 16.4. The van der Waals surface area contributed by atoms with Gasteiger partial charge in [0.2, 0.25) is 11.8 Å². The number of benzene rings is 1. The number of hydrogen-bond acceptors (Lipinski definition) is 5. The van der Waals surface area contributed by atoms with E-state index in [-0.39, 0.29) is 36.9 Å². The molecule has 1 heterocycles. The first-order valence-corrected chi connectivity index (χ1v) is 7.57. The summed E-state index contributed by atoms with van der Waals surface area (Å²) in [5.41, 5.74) is 5.51. The SMILES string of the molecule is NC(=O)CCC(NC(=O)CCN1C(=O)c2ccccc2C1=O)C(=O)O. The summed E-state index contributed by atoms with van der Waals surface area (Å²) < 4.78 is 0. The minimum absolute atomic E-state index is 0.135. The molecule has 0 fully saturated rings. The molecule has 4 N–H and O–H groups in total. The van der Waals surface area contributed by atoms with E-state index < -0.39 is 35.6 Å². The first kappa shape index (κ1) is 18.1. The number of primary amides is 1. The zero-order valence-electron chi connectivity index (χ0n) is 13.2. The number of amides is 4. The van der Waals surface area contributed by atoms with Gasteiger partial charge >= 0.3 is 5.97 Å². The quantitative estimate of drug-likeness (QED) is 0.541. The molecule has 1 aromatic carbocycles. The van der Waals surface area contributed by atoms with Crippen LogP contribution in [0.15, 0.2) is 24.3 Å². The van der Waals surface area contributed by atoms with Gasteiger partial charge in [-0.05, 0) is 18.6 Å². The Bertz CT molecular complexity index is 710. The molecule has 1 aromatic rings. The number of fused-ring (bicyclic) bond motifs is 1. The second-order valence-electron chi connectivity index (χ2n) is 5.52. The second kappa shape index (κ2) is 7.56. The highest BCUT2D eigenvalue weighted by Crippen LogP contribution is 2.22. The average molecular weight is 347 g/mol. The summed E-state index contributed by atoms with van der Waals surface area (Å²) in [5.74, 6) is -3.59. The lowest BCUT2D eigenvalue weighted by Crippen LogP contribution is -2.43. The van der Waals surface area contributed by atoms with Crippen LogP contribution in [-0.4, -0.2) is 52.2 Å². The smallest absolute Gasteiger partial charge is 0.326 e. The topological polar surface area (TPSA) is 147 Å². The number of carbonyl (C=O) groups excluding carboxylic acids is 4. The largest absolute Gasteiger partial charge is 0.480 e. The molecular formula is C16H17N3O6. The Kier molecular flexibility index (Phi) is 5.48. The molecule has 9 heteroatoms. The van der Waals surface area contributed by atoms with Gasteiger partial charge in [-0.2, -0.15) is 0 Å².